The number of aromatic nitrogens is 5. The highest BCUT2D eigenvalue weighted by molar-refractivity contribution is 6.03. The van der Waals surface area contributed by atoms with Crippen molar-refractivity contribution in [1.29, 1.82) is 0 Å². The molecule has 0 aliphatic rings. The highest BCUT2D eigenvalue weighted by atomic mass is 16.2. The molecular weight excluding hydrogens is 605 g/mol. The number of hydrogen-bond donors (Lipinski definition) is 2. The number of aryl methyl sites for hydroxylation is 1. The lowest BCUT2D eigenvalue weighted by Crippen LogP contribution is -2.38. The summed E-state index contributed by atoms with van der Waals surface area (Å²) in [4.78, 5) is 25.9. The van der Waals surface area contributed by atoms with E-state index in [0.29, 0.717) is 5.52 Å². The lowest BCUT2D eigenvalue weighted by Gasteiger charge is -2.37. The molecule has 1 unspecified atom stereocenters. The van der Waals surface area contributed by atoms with Crippen molar-refractivity contribution < 1.29 is 4.79 Å². The van der Waals surface area contributed by atoms with Gasteiger partial charge in [0.1, 0.15) is 11.2 Å². The van der Waals surface area contributed by atoms with Gasteiger partial charge >= 0.3 is 0 Å². The summed E-state index contributed by atoms with van der Waals surface area (Å²) in [5.41, 5.74) is 8.59. The zero-order chi connectivity index (χ0) is 33.4. The fourth-order valence-electron chi connectivity index (χ4n) is 6.81. The average Bonchev–Trinajstić information content (AvgIpc) is 3.75. The van der Waals surface area contributed by atoms with Crippen LogP contribution in [0, 0.1) is 6.92 Å². The molecule has 0 aliphatic carbocycles. The van der Waals surface area contributed by atoms with Gasteiger partial charge in [-0.05, 0) is 60.4 Å². The summed E-state index contributed by atoms with van der Waals surface area (Å²) < 4.78 is 2.14. The molecule has 0 fully saturated rings. The van der Waals surface area contributed by atoms with E-state index < -0.39 is 5.54 Å². The second-order valence-electron chi connectivity index (χ2n) is 12.4. The maximum atomic E-state index is 13.5. The van der Waals surface area contributed by atoms with E-state index in [9.17, 15) is 4.79 Å². The number of carbonyl (C=O) groups is 1. The van der Waals surface area contributed by atoms with Crippen molar-refractivity contribution >= 4 is 27.8 Å². The molecule has 5 aromatic carbocycles. The Morgan fingerprint density at radius 1 is 0.755 bits per heavy atom. The minimum atomic E-state index is -0.843. The monoisotopic (exact) mass is 638 g/mol. The third-order valence-corrected chi connectivity index (χ3v) is 9.27. The Hall–Kier alpha value is -6.34. The van der Waals surface area contributed by atoms with Gasteiger partial charge in [0, 0.05) is 23.3 Å². The molecule has 0 aliphatic heterocycles. The van der Waals surface area contributed by atoms with Gasteiger partial charge < -0.3 is 10.3 Å². The molecule has 0 saturated heterocycles. The molecule has 0 spiro atoms. The van der Waals surface area contributed by atoms with Gasteiger partial charge in [-0.1, -0.05) is 121 Å². The standard InChI is InChI=1S/C42H34N6O/c1-28-18-20-30(21-19-28)29(2)44-41(49)40-45-36-26-35-38(27-37(36)46-40)48(47-39(35)31-22-24-43-25-23-31)42(32-12-6-3-7-13-32,33-14-8-4-9-15-33)34-16-10-5-11-17-34/h3-27,29H,1-2H3,(H,44,49)(H,45,46). The highest BCUT2D eigenvalue weighted by Crippen LogP contribution is 2.44. The molecule has 7 nitrogen and oxygen atoms in total. The van der Waals surface area contributed by atoms with Gasteiger partial charge in [-0.25, -0.2) is 9.67 Å². The van der Waals surface area contributed by atoms with Crippen LogP contribution in [0.4, 0.5) is 0 Å². The Balaban J connectivity index is 1.37. The van der Waals surface area contributed by atoms with Crippen molar-refractivity contribution in [3.8, 4) is 11.3 Å². The van der Waals surface area contributed by atoms with Crippen LogP contribution in [0.3, 0.4) is 0 Å². The molecule has 0 radical (unpaired) electrons. The van der Waals surface area contributed by atoms with Gasteiger partial charge in [-0.2, -0.15) is 5.10 Å². The number of nitrogens with zero attached hydrogens (tertiary/aromatic N) is 4. The Bertz CT molecular complexity index is 2290. The minimum absolute atomic E-state index is 0.185. The van der Waals surface area contributed by atoms with E-state index in [-0.39, 0.29) is 17.8 Å². The Kier molecular flexibility index (Phi) is 7.57. The van der Waals surface area contributed by atoms with E-state index in [0.717, 1.165) is 49.9 Å². The largest absolute Gasteiger partial charge is 0.343 e. The number of aromatic amines is 1. The predicted molar refractivity (Wildman–Crippen MR) is 194 cm³/mol. The summed E-state index contributed by atoms with van der Waals surface area (Å²) in [5, 5.41) is 9.49. The Labute approximate surface area is 284 Å². The molecule has 49 heavy (non-hydrogen) atoms. The normalized spacial score (nSPS) is 12.3. The number of hydrogen-bond acceptors (Lipinski definition) is 4. The van der Waals surface area contributed by atoms with Crippen LogP contribution in [0.2, 0.25) is 0 Å². The van der Waals surface area contributed by atoms with Gasteiger partial charge in [0.25, 0.3) is 5.91 Å². The lowest BCUT2D eigenvalue weighted by atomic mass is 9.77. The van der Waals surface area contributed by atoms with Crippen LogP contribution < -0.4 is 5.32 Å². The number of nitrogens with one attached hydrogen (secondary N) is 2. The molecule has 0 bridgehead atoms. The van der Waals surface area contributed by atoms with Crippen LogP contribution in [0.1, 0.15) is 51.4 Å². The third kappa shape index (κ3) is 5.26. The van der Waals surface area contributed by atoms with Crippen LogP contribution >= 0.6 is 0 Å². The summed E-state index contributed by atoms with van der Waals surface area (Å²) in [5.74, 6) is -0.0106. The number of amides is 1. The number of imidazole rings is 1. The molecule has 3 heterocycles. The molecule has 8 rings (SSSR count). The van der Waals surface area contributed by atoms with Crippen LogP contribution in [0.25, 0.3) is 33.2 Å². The molecule has 7 heteroatoms. The van der Waals surface area contributed by atoms with Crippen LogP contribution in [-0.2, 0) is 5.54 Å². The molecule has 2 N–H and O–H groups in total. The van der Waals surface area contributed by atoms with E-state index in [2.05, 4.69) is 111 Å². The van der Waals surface area contributed by atoms with Crippen LogP contribution in [0.15, 0.2) is 152 Å². The SMILES string of the molecule is Cc1ccc(C(C)NC(=O)c2nc3cc4c(-c5ccncc5)nn(C(c5ccccc5)(c5ccccc5)c5ccccc5)c4cc3[nH]2)cc1. The maximum absolute atomic E-state index is 13.5. The predicted octanol–water partition coefficient (Wildman–Crippen LogP) is 8.61. The summed E-state index contributed by atoms with van der Waals surface area (Å²) in [6.07, 6.45) is 3.56. The number of pyridine rings is 1. The van der Waals surface area contributed by atoms with Gasteiger partial charge in [0.05, 0.1) is 22.6 Å². The van der Waals surface area contributed by atoms with E-state index in [1.54, 1.807) is 12.4 Å². The van der Waals surface area contributed by atoms with Crippen LogP contribution in [-0.4, -0.2) is 30.6 Å². The lowest BCUT2D eigenvalue weighted by molar-refractivity contribution is 0.0930. The fraction of sp³-hybridized carbons (Fsp3) is 0.0952. The van der Waals surface area contributed by atoms with Gasteiger partial charge in [0.2, 0.25) is 0 Å². The Morgan fingerprint density at radius 3 is 1.90 bits per heavy atom. The molecule has 8 aromatic rings. The molecule has 1 atom stereocenters. The zero-order valence-electron chi connectivity index (χ0n) is 27.2. The summed E-state index contributed by atoms with van der Waals surface area (Å²) in [6, 6.07) is 47.5. The Morgan fingerprint density at radius 2 is 1.33 bits per heavy atom. The van der Waals surface area contributed by atoms with Crippen molar-refractivity contribution in [2.24, 2.45) is 0 Å². The number of H-pyrrole nitrogens is 1. The highest BCUT2D eigenvalue weighted by Gasteiger charge is 2.41. The number of rotatable bonds is 8. The second kappa shape index (κ2) is 12.4. The average molecular weight is 639 g/mol. The van der Waals surface area contributed by atoms with Crippen molar-refractivity contribution in [2.75, 3.05) is 0 Å². The number of fused-ring (bicyclic) bond motifs is 2. The summed E-state index contributed by atoms with van der Waals surface area (Å²) >= 11 is 0. The fourth-order valence-corrected chi connectivity index (χ4v) is 6.81. The van der Waals surface area contributed by atoms with E-state index in [1.807, 2.05) is 62.4 Å². The van der Waals surface area contributed by atoms with Crippen molar-refractivity contribution in [3.05, 3.63) is 186 Å². The van der Waals surface area contributed by atoms with Gasteiger partial charge in [0.15, 0.2) is 5.82 Å². The maximum Gasteiger partial charge on any atom is 0.287 e. The van der Waals surface area contributed by atoms with E-state index in [4.69, 9.17) is 10.1 Å². The first kappa shape index (κ1) is 30.0. The van der Waals surface area contributed by atoms with Crippen molar-refractivity contribution in [1.82, 2.24) is 30.0 Å². The number of carbonyl (C=O) groups excluding carboxylic acids is 1. The zero-order valence-corrected chi connectivity index (χ0v) is 27.2. The third-order valence-electron chi connectivity index (χ3n) is 9.27. The first-order valence-electron chi connectivity index (χ1n) is 16.4. The molecule has 3 aromatic heterocycles. The van der Waals surface area contributed by atoms with Crippen molar-refractivity contribution in [3.63, 3.8) is 0 Å². The van der Waals surface area contributed by atoms with Crippen molar-refractivity contribution in [2.45, 2.75) is 25.4 Å². The first-order valence-corrected chi connectivity index (χ1v) is 16.4. The van der Waals surface area contributed by atoms with E-state index >= 15 is 0 Å². The molecular formula is C42H34N6O. The first-order chi connectivity index (χ1) is 24.0. The molecule has 1 amide bonds. The minimum Gasteiger partial charge on any atom is -0.343 e. The quantitative estimate of drug-likeness (QED) is 0.163. The van der Waals surface area contributed by atoms with Gasteiger partial charge in [-0.3, -0.25) is 9.78 Å². The summed E-state index contributed by atoms with van der Waals surface area (Å²) in [6.45, 7) is 4.03. The second-order valence-corrected chi connectivity index (χ2v) is 12.4. The smallest absolute Gasteiger partial charge is 0.287 e. The molecule has 238 valence electrons. The topological polar surface area (TPSA) is 88.5 Å². The summed E-state index contributed by atoms with van der Waals surface area (Å²) in [7, 11) is 0. The number of benzene rings is 5. The molecule has 0 saturated carbocycles. The van der Waals surface area contributed by atoms with Crippen LogP contribution in [0.5, 0.6) is 0 Å². The van der Waals surface area contributed by atoms with E-state index in [1.165, 1.54) is 5.56 Å². The van der Waals surface area contributed by atoms with Gasteiger partial charge in [-0.15, -0.1) is 0 Å².